The van der Waals surface area contributed by atoms with Crippen LogP contribution >= 0.6 is 0 Å². The van der Waals surface area contributed by atoms with Crippen LogP contribution in [0.4, 0.5) is 0 Å². The molecule has 0 aliphatic carbocycles. The van der Waals surface area contributed by atoms with E-state index in [-0.39, 0.29) is 11.8 Å². The number of nitrogens with one attached hydrogen (secondary N) is 2. The highest BCUT2D eigenvalue weighted by molar-refractivity contribution is 5.91. The van der Waals surface area contributed by atoms with Gasteiger partial charge < -0.3 is 20.1 Å². The van der Waals surface area contributed by atoms with Gasteiger partial charge >= 0.3 is 0 Å². The molecule has 0 radical (unpaired) electrons. The summed E-state index contributed by atoms with van der Waals surface area (Å²) in [6.07, 6.45) is 3.40. The van der Waals surface area contributed by atoms with Crippen LogP contribution in [0.1, 0.15) is 44.6 Å². The van der Waals surface area contributed by atoms with Gasteiger partial charge in [0.1, 0.15) is 17.0 Å². The molecule has 24 heavy (non-hydrogen) atoms. The Morgan fingerprint density at radius 2 is 2.08 bits per heavy atom. The summed E-state index contributed by atoms with van der Waals surface area (Å²) in [5.74, 6) is 1.19. The maximum Gasteiger partial charge on any atom is 0.246 e. The molecule has 0 bridgehead atoms. The van der Waals surface area contributed by atoms with Gasteiger partial charge in [-0.2, -0.15) is 0 Å². The fraction of sp³-hybridized carbons (Fsp3) is 0.556. The lowest BCUT2D eigenvalue weighted by Gasteiger charge is -2.31. The van der Waals surface area contributed by atoms with E-state index < -0.39 is 5.54 Å². The van der Waals surface area contributed by atoms with Crippen molar-refractivity contribution in [2.75, 3.05) is 14.2 Å². The smallest absolute Gasteiger partial charge is 0.246 e. The first-order valence-corrected chi connectivity index (χ1v) is 8.35. The van der Waals surface area contributed by atoms with Crippen molar-refractivity contribution in [2.24, 2.45) is 0 Å². The molecule has 1 heterocycles. The van der Waals surface area contributed by atoms with E-state index >= 15 is 0 Å². The lowest BCUT2D eigenvalue weighted by molar-refractivity contribution is -0.133. The molecule has 1 aromatic rings. The maximum atomic E-state index is 12.8. The van der Waals surface area contributed by atoms with Crippen LogP contribution in [0.5, 0.6) is 11.5 Å². The predicted molar refractivity (Wildman–Crippen MR) is 91.0 cm³/mol. The minimum atomic E-state index is -0.820. The second kappa shape index (κ2) is 8.04. The Bertz CT molecular complexity index is 603. The third-order valence-electron chi connectivity index (χ3n) is 4.60. The first-order valence-electron chi connectivity index (χ1n) is 8.35. The molecule has 1 atom stereocenters. The van der Waals surface area contributed by atoms with Crippen LogP contribution in [0.3, 0.4) is 0 Å². The van der Waals surface area contributed by atoms with Crippen LogP contribution in [0.2, 0.25) is 0 Å². The molecule has 1 saturated heterocycles. The minimum absolute atomic E-state index is 0.0524. The van der Waals surface area contributed by atoms with Crippen molar-refractivity contribution in [1.82, 2.24) is 10.6 Å². The number of benzene rings is 1. The van der Waals surface area contributed by atoms with Gasteiger partial charge in [0, 0.05) is 18.5 Å². The number of carbonyl (C=O) groups excluding carboxylic acids is 2. The third-order valence-corrected chi connectivity index (χ3v) is 4.60. The summed E-state index contributed by atoms with van der Waals surface area (Å²) in [5.41, 5.74) is 0.0102. The molecule has 0 spiro atoms. The van der Waals surface area contributed by atoms with Gasteiger partial charge in [-0.05, 0) is 37.5 Å². The minimum Gasteiger partial charge on any atom is -0.497 e. The highest BCUT2D eigenvalue weighted by Gasteiger charge is 2.38. The van der Waals surface area contributed by atoms with Crippen LogP contribution in [-0.4, -0.2) is 31.6 Å². The fourth-order valence-corrected chi connectivity index (χ4v) is 3.07. The Labute approximate surface area is 142 Å². The number of amides is 2. The van der Waals surface area contributed by atoms with Crippen molar-refractivity contribution in [1.29, 1.82) is 0 Å². The van der Waals surface area contributed by atoms with Crippen LogP contribution in [0.25, 0.3) is 0 Å². The summed E-state index contributed by atoms with van der Waals surface area (Å²) in [5, 5.41) is 5.87. The molecular formula is C18H26N2O4. The molecule has 1 aromatic carbocycles. The van der Waals surface area contributed by atoms with Crippen LogP contribution < -0.4 is 20.1 Å². The van der Waals surface area contributed by atoms with Crippen molar-refractivity contribution < 1.29 is 19.1 Å². The number of hydrogen-bond donors (Lipinski definition) is 2. The summed E-state index contributed by atoms with van der Waals surface area (Å²) in [7, 11) is 3.18. The van der Waals surface area contributed by atoms with Crippen molar-refractivity contribution >= 4 is 11.8 Å². The molecule has 6 nitrogen and oxygen atoms in total. The molecule has 0 saturated carbocycles. The van der Waals surface area contributed by atoms with E-state index in [0.29, 0.717) is 37.3 Å². The Hall–Kier alpha value is -2.24. The summed E-state index contributed by atoms with van der Waals surface area (Å²) >= 11 is 0. The zero-order valence-electron chi connectivity index (χ0n) is 14.6. The highest BCUT2D eigenvalue weighted by atomic mass is 16.5. The van der Waals surface area contributed by atoms with Crippen LogP contribution in [0, 0.1) is 0 Å². The van der Waals surface area contributed by atoms with Gasteiger partial charge in [-0.25, -0.2) is 0 Å². The van der Waals surface area contributed by atoms with E-state index in [1.807, 2.05) is 25.1 Å². The van der Waals surface area contributed by atoms with E-state index in [1.54, 1.807) is 14.2 Å². The SMILES string of the molecule is CCC1(C(=O)NCc2cc(OC)ccc2OC)CCCCC(=O)N1. The average Bonchev–Trinajstić information content (AvgIpc) is 2.81. The quantitative estimate of drug-likeness (QED) is 0.836. The Kier molecular flexibility index (Phi) is 6.06. The van der Waals surface area contributed by atoms with Crippen LogP contribution in [-0.2, 0) is 16.1 Å². The Balaban J connectivity index is 2.12. The zero-order valence-corrected chi connectivity index (χ0v) is 14.6. The zero-order chi connectivity index (χ0) is 17.6. The molecule has 1 fully saturated rings. The topological polar surface area (TPSA) is 76.7 Å². The molecule has 132 valence electrons. The van der Waals surface area contributed by atoms with E-state index in [9.17, 15) is 9.59 Å². The summed E-state index contributed by atoms with van der Waals surface area (Å²) in [4.78, 5) is 24.7. The van der Waals surface area contributed by atoms with E-state index in [4.69, 9.17) is 9.47 Å². The monoisotopic (exact) mass is 334 g/mol. The first-order chi connectivity index (χ1) is 11.5. The van der Waals surface area contributed by atoms with Crippen molar-refractivity contribution in [3.05, 3.63) is 23.8 Å². The van der Waals surface area contributed by atoms with Crippen molar-refractivity contribution in [2.45, 2.75) is 51.1 Å². The molecule has 1 aliphatic heterocycles. The fourth-order valence-electron chi connectivity index (χ4n) is 3.07. The van der Waals surface area contributed by atoms with Gasteiger partial charge in [-0.15, -0.1) is 0 Å². The van der Waals surface area contributed by atoms with Gasteiger partial charge in [0.2, 0.25) is 11.8 Å². The molecule has 2 rings (SSSR count). The molecule has 6 heteroatoms. The second-order valence-corrected chi connectivity index (χ2v) is 6.05. The summed E-state index contributed by atoms with van der Waals surface area (Å²) in [6, 6.07) is 5.45. The predicted octanol–water partition coefficient (Wildman–Crippen LogP) is 2.16. The second-order valence-electron chi connectivity index (χ2n) is 6.05. The number of ether oxygens (including phenoxy) is 2. The standard InChI is InChI=1S/C18H26N2O4/c1-4-18(10-6-5-7-16(21)20-18)17(22)19-12-13-11-14(23-2)8-9-15(13)24-3/h8-9,11H,4-7,10,12H2,1-3H3,(H,19,22)(H,20,21). The molecule has 2 N–H and O–H groups in total. The molecule has 0 aromatic heterocycles. The van der Waals surface area contributed by atoms with Crippen LogP contribution in [0.15, 0.2) is 18.2 Å². The van der Waals surface area contributed by atoms with Crippen molar-refractivity contribution in [3.8, 4) is 11.5 Å². The van der Waals surface area contributed by atoms with Gasteiger partial charge in [0.05, 0.1) is 14.2 Å². The molecule has 1 unspecified atom stereocenters. The van der Waals surface area contributed by atoms with Gasteiger partial charge in [-0.1, -0.05) is 13.3 Å². The van der Waals surface area contributed by atoms with E-state index in [1.165, 1.54) is 0 Å². The summed E-state index contributed by atoms with van der Waals surface area (Å²) in [6.45, 7) is 2.24. The van der Waals surface area contributed by atoms with Gasteiger partial charge in [-0.3, -0.25) is 9.59 Å². The highest BCUT2D eigenvalue weighted by Crippen LogP contribution is 2.26. The lowest BCUT2D eigenvalue weighted by Crippen LogP contribution is -2.57. The third kappa shape index (κ3) is 3.99. The number of hydrogen-bond acceptors (Lipinski definition) is 4. The normalized spacial score (nSPS) is 20.7. The van der Waals surface area contributed by atoms with E-state index in [2.05, 4.69) is 10.6 Å². The summed E-state index contributed by atoms with van der Waals surface area (Å²) < 4.78 is 10.6. The average molecular weight is 334 g/mol. The Morgan fingerprint density at radius 1 is 1.29 bits per heavy atom. The number of methoxy groups -OCH3 is 2. The van der Waals surface area contributed by atoms with E-state index in [0.717, 1.165) is 18.4 Å². The molecule has 2 amide bonds. The number of rotatable bonds is 6. The first kappa shape index (κ1) is 18.1. The molecular weight excluding hydrogens is 308 g/mol. The maximum absolute atomic E-state index is 12.8. The largest absolute Gasteiger partial charge is 0.497 e. The van der Waals surface area contributed by atoms with Gasteiger partial charge in [0.25, 0.3) is 0 Å². The van der Waals surface area contributed by atoms with Crippen molar-refractivity contribution in [3.63, 3.8) is 0 Å². The van der Waals surface area contributed by atoms with Gasteiger partial charge in [0.15, 0.2) is 0 Å². The molecule has 1 aliphatic rings. The lowest BCUT2D eigenvalue weighted by atomic mass is 9.89. The Morgan fingerprint density at radius 3 is 2.75 bits per heavy atom. The number of carbonyl (C=O) groups is 2.